The molecular weight excluding hydrogens is 481 g/mol. The molecule has 10 heteroatoms. The number of hydrogen-bond acceptors (Lipinski definition) is 6. The number of methoxy groups -OCH3 is 1. The number of carbonyl (C=O) groups is 1. The number of nitrogens with one attached hydrogen (secondary N) is 1. The second kappa shape index (κ2) is 10.1. The standard InChI is InChI=1S/C26H22FN5O3S/c1-35-21-8-4-17(5-9-21)22-10-11-25(34)32(30-22)13-12-28-24(33)14-20-16-36-26-29-23(15-31(20)26)18-2-6-19(27)7-3-18/h2-11,15-16H,12-14H2,1H3,(H,28,33). The Balaban J connectivity index is 1.21. The highest BCUT2D eigenvalue weighted by atomic mass is 32.1. The van der Waals surface area contributed by atoms with Gasteiger partial charge in [-0.3, -0.25) is 14.0 Å². The number of amides is 1. The molecule has 2 aromatic carbocycles. The van der Waals surface area contributed by atoms with E-state index in [2.05, 4.69) is 15.4 Å². The molecule has 0 spiro atoms. The lowest BCUT2D eigenvalue weighted by molar-refractivity contribution is -0.120. The van der Waals surface area contributed by atoms with E-state index in [0.717, 1.165) is 27.5 Å². The summed E-state index contributed by atoms with van der Waals surface area (Å²) < 4.78 is 21.6. The summed E-state index contributed by atoms with van der Waals surface area (Å²) in [6.07, 6.45) is 2.00. The van der Waals surface area contributed by atoms with Crippen LogP contribution in [0.3, 0.4) is 0 Å². The molecule has 0 fully saturated rings. The third-order valence-electron chi connectivity index (χ3n) is 5.66. The zero-order chi connectivity index (χ0) is 25.1. The Hall–Kier alpha value is -4.31. The molecule has 5 rings (SSSR count). The van der Waals surface area contributed by atoms with Crippen LogP contribution < -0.4 is 15.6 Å². The maximum atomic E-state index is 13.2. The van der Waals surface area contributed by atoms with Crippen LogP contribution in [0.2, 0.25) is 0 Å². The van der Waals surface area contributed by atoms with E-state index in [9.17, 15) is 14.0 Å². The first-order valence-electron chi connectivity index (χ1n) is 11.2. The number of carbonyl (C=O) groups excluding carboxylic acids is 1. The predicted molar refractivity (Wildman–Crippen MR) is 136 cm³/mol. The molecule has 1 amide bonds. The summed E-state index contributed by atoms with van der Waals surface area (Å²) in [7, 11) is 1.60. The first-order chi connectivity index (χ1) is 17.5. The molecule has 5 aromatic rings. The fraction of sp³-hybridized carbons (Fsp3) is 0.154. The Labute approximate surface area is 209 Å². The average molecular weight is 504 g/mol. The van der Waals surface area contributed by atoms with Gasteiger partial charge in [0.25, 0.3) is 5.56 Å². The number of rotatable bonds is 8. The molecule has 0 aliphatic carbocycles. The Bertz CT molecular complexity index is 1570. The van der Waals surface area contributed by atoms with E-state index in [1.165, 1.54) is 34.2 Å². The SMILES string of the molecule is COc1ccc(-c2ccc(=O)n(CCNC(=O)Cc3csc4nc(-c5ccc(F)cc5)cn34)n2)cc1. The first-order valence-corrected chi connectivity index (χ1v) is 12.1. The Morgan fingerprint density at radius 2 is 1.75 bits per heavy atom. The number of thiazole rings is 1. The summed E-state index contributed by atoms with van der Waals surface area (Å²) in [4.78, 5) is 30.2. The number of ether oxygens (including phenoxy) is 1. The normalized spacial score (nSPS) is 11.1. The number of nitrogens with zero attached hydrogens (tertiary/aromatic N) is 4. The molecule has 8 nitrogen and oxygen atoms in total. The van der Waals surface area contributed by atoms with Crippen molar-refractivity contribution in [2.45, 2.75) is 13.0 Å². The van der Waals surface area contributed by atoms with Gasteiger partial charge in [0.15, 0.2) is 4.96 Å². The van der Waals surface area contributed by atoms with Gasteiger partial charge in [-0.25, -0.2) is 14.1 Å². The third kappa shape index (κ3) is 5.03. The highest BCUT2D eigenvalue weighted by Gasteiger charge is 2.13. The van der Waals surface area contributed by atoms with Crippen LogP contribution >= 0.6 is 11.3 Å². The van der Waals surface area contributed by atoms with Crippen LogP contribution in [-0.4, -0.2) is 38.7 Å². The largest absolute Gasteiger partial charge is 0.497 e. The number of fused-ring (bicyclic) bond motifs is 1. The molecule has 182 valence electrons. The van der Waals surface area contributed by atoms with Crippen molar-refractivity contribution in [2.24, 2.45) is 0 Å². The number of aromatic nitrogens is 4. The molecule has 0 radical (unpaired) electrons. The molecule has 0 aliphatic heterocycles. The molecule has 0 aliphatic rings. The van der Waals surface area contributed by atoms with Crippen molar-refractivity contribution in [3.8, 4) is 28.3 Å². The fourth-order valence-corrected chi connectivity index (χ4v) is 4.64. The van der Waals surface area contributed by atoms with E-state index in [-0.39, 0.29) is 36.8 Å². The van der Waals surface area contributed by atoms with Gasteiger partial charge in [-0.05, 0) is 54.6 Å². The van der Waals surface area contributed by atoms with Gasteiger partial charge in [0.05, 0.1) is 31.5 Å². The Kier molecular flexibility index (Phi) is 6.59. The quantitative estimate of drug-likeness (QED) is 0.348. The summed E-state index contributed by atoms with van der Waals surface area (Å²) >= 11 is 1.43. The minimum atomic E-state index is -0.304. The Morgan fingerprint density at radius 1 is 1.03 bits per heavy atom. The summed E-state index contributed by atoms with van der Waals surface area (Å²) in [6.45, 7) is 0.503. The molecule has 3 heterocycles. The zero-order valence-electron chi connectivity index (χ0n) is 19.3. The summed E-state index contributed by atoms with van der Waals surface area (Å²) in [5, 5.41) is 9.17. The lowest BCUT2D eigenvalue weighted by Gasteiger charge is -2.09. The van der Waals surface area contributed by atoms with Crippen molar-refractivity contribution in [3.05, 3.63) is 94.1 Å². The molecule has 0 unspecified atom stereocenters. The van der Waals surface area contributed by atoms with Gasteiger partial charge in [0.2, 0.25) is 5.91 Å². The minimum Gasteiger partial charge on any atom is -0.497 e. The van der Waals surface area contributed by atoms with Crippen molar-refractivity contribution in [1.29, 1.82) is 0 Å². The van der Waals surface area contributed by atoms with Crippen molar-refractivity contribution in [3.63, 3.8) is 0 Å². The van der Waals surface area contributed by atoms with Gasteiger partial charge < -0.3 is 10.1 Å². The molecule has 0 atom stereocenters. The van der Waals surface area contributed by atoms with E-state index < -0.39 is 0 Å². The van der Waals surface area contributed by atoms with Gasteiger partial charge >= 0.3 is 0 Å². The minimum absolute atomic E-state index is 0.160. The highest BCUT2D eigenvalue weighted by Crippen LogP contribution is 2.24. The smallest absolute Gasteiger partial charge is 0.266 e. The van der Waals surface area contributed by atoms with Crippen molar-refractivity contribution in [1.82, 2.24) is 24.5 Å². The highest BCUT2D eigenvalue weighted by molar-refractivity contribution is 7.15. The van der Waals surface area contributed by atoms with Gasteiger partial charge in [0, 0.05) is 41.0 Å². The summed E-state index contributed by atoms with van der Waals surface area (Å²) in [5.74, 6) is 0.258. The van der Waals surface area contributed by atoms with Gasteiger partial charge in [-0.15, -0.1) is 11.3 Å². The third-order valence-corrected chi connectivity index (χ3v) is 6.55. The van der Waals surface area contributed by atoms with E-state index in [1.807, 2.05) is 40.2 Å². The van der Waals surface area contributed by atoms with Crippen LogP contribution in [0.1, 0.15) is 5.69 Å². The molecular formula is C26H22FN5O3S. The predicted octanol–water partition coefficient (Wildman–Crippen LogP) is 3.79. The fourth-order valence-electron chi connectivity index (χ4n) is 3.77. The first kappa shape index (κ1) is 23.4. The van der Waals surface area contributed by atoms with Gasteiger partial charge in [-0.1, -0.05) is 0 Å². The van der Waals surface area contributed by atoms with Crippen LogP contribution in [-0.2, 0) is 17.8 Å². The summed E-state index contributed by atoms with van der Waals surface area (Å²) in [6, 6.07) is 16.7. The number of imidazole rings is 1. The topological polar surface area (TPSA) is 90.5 Å². The average Bonchev–Trinajstić information content (AvgIpc) is 3.48. The second-order valence-electron chi connectivity index (χ2n) is 8.05. The van der Waals surface area contributed by atoms with E-state index >= 15 is 0 Å². The maximum absolute atomic E-state index is 13.2. The van der Waals surface area contributed by atoms with Crippen LogP contribution in [0.4, 0.5) is 4.39 Å². The van der Waals surface area contributed by atoms with E-state index in [0.29, 0.717) is 11.4 Å². The van der Waals surface area contributed by atoms with Crippen LogP contribution in [0.25, 0.3) is 27.5 Å². The second-order valence-corrected chi connectivity index (χ2v) is 8.88. The van der Waals surface area contributed by atoms with E-state index in [4.69, 9.17) is 4.74 Å². The summed E-state index contributed by atoms with van der Waals surface area (Å²) in [5.41, 5.74) is 3.58. The van der Waals surface area contributed by atoms with Crippen molar-refractivity contribution < 1.29 is 13.9 Å². The maximum Gasteiger partial charge on any atom is 0.266 e. The van der Waals surface area contributed by atoms with Crippen LogP contribution in [0.5, 0.6) is 5.75 Å². The molecule has 0 saturated carbocycles. The number of benzene rings is 2. The number of halogens is 1. The molecule has 0 saturated heterocycles. The monoisotopic (exact) mass is 503 g/mol. The van der Waals surface area contributed by atoms with E-state index in [1.54, 1.807) is 25.3 Å². The molecule has 1 N–H and O–H groups in total. The van der Waals surface area contributed by atoms with Gasteiger partial charge in [-0.2, -0.15) is 5.10 Å². The molecule has 36 heavy (non-hydrogen) atoms. The zero-order valence-corrected chi connectivity index (χ0v) is 20.2. The lowest BCUT2D eigenvalue weighted by Crippen LogP contribution is -2.32. The molecule has 0 bridgehead atoms. The van der Waals surface area contributed by atoms with Crippen molar-refractivity contribution >= 4 is 22.2 Å². The lowest BCUT2D eigenvalue weighted by atomic mass is 10.1. The van der Waals surface area contributed by atoms with Gasteiger partial charge in [0.1, 0.15) is 11.6 Å². The Morgan fingerprint density at radius 3 is 2.50 bits per heavy atom. The molecule has 3 aromatic heterocycles. The number of hydrogen-bond donors (Lipinski definition) is 1. The van der Waals surface area contributed by atoms with Crippen LogP contribution in [0.15, 0.2) is 77.0 Å². The van der Waals surface area contributed by atoms with Crippen molar-refractivity contribution in [2.75, 3.05) is 13.7 Å². The van der Waals surface area contributed by atoms with Crippen LogP contribution in [0, 0.1) is 5.82 Å².